The summed E-state index contributed by atoms with van der Waals surface area (Å²) in [4.78, 5) is 4.67. The van der Waals surface area contributed by atoms with Gasteiger partial charge in [-0.25, -0.2) is 0 Å². The topological polar surface area (TPSA) is 67.2 Å². The molecule has 2 atom stereocenters. The number of aromatic hydroxyl groups is 1. The second-order valence-corrected chi connectivity index (χ2v) is 13.2. The first-order chi connectivity index (χ1) is 23.0. The molecular formula is C42H44N2O3. The van der Waals surface area contributed by atoms with E-state index in [0.29, 0.717) is 18.8 Å². The van der Waals surface area contributed by atoms with Gasteiger partial charge in [0.1, 0.15) is 17.0 Å². The minimum Gasteiger partial charge on any atom is -0.507 e. The Kier molecular flexibility index (Phi) is 8.98. The van der Waals surface area contributed by atoms with Crippen molar-refractivity contribution in [2.75, 3.05) is 13.1 Å². The van der Waals surface area contributed by atoms with E-state index in [0.717, 1.165) is 72.2 Å². The Bertz CT molecular complexity index is 1540. The fraction of sp³-hybridized carbons (Fsp3) is 0.286. The SMILES string of the molecule is Oc1c(CN2CCC[C@@H]2C(O)(c2ccccc2)c2ccccc2)cccc1CN1CCC[C@@H]1C(O)(c1ccccc1)c1ccccc1. The molecule has 7 rings (SSSR count). The lowest BCUT2D eigenvalue weighted by atomic mass is 9.79. The Balaban J connectivity index is 1.17. The first-order valence-corrected chi connectivity index (χ1v) is 16.9. The van der Waals surface area contributed by atoms with Crippen molar-refractivity contribution < 1.29 is 15.3 Å². The smallest absolute Gasteiger partial charge is 0.130 e. The van der Waals surface area contributed by atoms with Gasteiger partial charge in [-0.3, -0.25) is 9.80 Å². The summed E-state index contributed by atoms with van der Waals surface area (Å²) in [6.45, 7) is 2.75. The molecule has 0 aromatic heterocycles. The van der Waals surface area contributed by atoms with Crippen LogP contribution in [0.15, 0.2) is 140 Å². The van der Waals surface area contributed by atoms with Crippen LogP contribution in [0.2, 0.25) is 0 Å². The molecule has 0 saturated carbocycles. The van der Waals surface area contributed by atoms with E-state index in [1.807, 2.05) is 140 Å². The molecule has 2 fully saturated rings. The van der Waals surface area contributed by atoms with Crippen molar-refractivity contribution in [3.8, 4) is 5.75 Å². The standard InChI is InChI=1S/C42H44N2O3/c45-40-32(30-43-28-14-26-38(43)41(46,34-18-5-1-6-19-34)35-20-7-2-8-21-35)16-13-17-33(40)31-44-29-15-27-39(44)42(47,36-22-9-3-10-23-36)37-24-11-4-12-25-37/h1-13,16-25,38-39,45-47H,14-15,26-31H2/t38-,39-/m1/s1. The lowest BCUT2D eigenvalue weighted by Gasteiger charge is -2.41. The third kappa shape index (κ3) is 5.90. The number of para-hydroxylation sites is 1. The first kappa shape index (κ1) is 31.3. The third-order valence-electron chi connectivity index (χ3n) is 10.5. The number of phenolic OH excluding ortho intramolecular Hbond substituents is 1. The highest BCUT2D eigenvalue weighted by Crippen LogP contribution is 2.43. The van der Waals surface area contributed by atoms with Crippen LogP contribution in [0.4, 0.5) is 0 Å². The summed E-state index contributed by atoms with van der Waals surface area (Å²) in [5.41, 5.74) is 2.86. The maximum atomic E-state index is 12.6. The Morgan fingerprint density at radius 1 is 0.468 bits per heavy atom. The maximum absolute atomic E-state index is 12.6. The lowest BCUT2D eigenvalue weighted by molar-refractivity contribution is -0.00733. The van der Waals surface area contributed by atoms with Gasteiger partial charge < -0.3 is 15.3 Å². The van der Waals surface area contributed by atoms with Crippen LogP contribution in [0.3, 0.4) is 0 Å². The van der Waals surface area contributed by atoms with Crippen LogP contribution in [0.25, 0.3) is 0 Å². The molecule has 5 heteroatoms. The largest absolute Gasteiger partial charge is 0.507 e. The van der Waals surface area contributed by atoms with Crippen LogP contribution < -0.4 is 0 Å². The Labute approximate surface area is 278 Å². The predicted molar refractivity (Wildman–Crippen MR) is 187 cm³/mol. The van der Waals surface area contributed by atoms with E-state index in [-0.39, 0.29) is 12.1 Å². The third-order valence-corrected chi connectivity index (χ3v) is 10.5. The molecule has 2 saturated heterocycles. The van der Waals surface area contributed by atoms with E-state index >= 15 is 0 Å². The molecule has 2 heterocycles. The average Bonchev–Trinajstić information content (AvgIpc) is 3.81. The Hall–Kier alpha value is -4.26. The Morgan fingerprint density at radius 3 is 1.11 bits per heavy atom. The Morgan fingerprint density at radius 2 is 0.787 bits per heavy atom. The van der Waals surface area contributed by atoms with E-state index in [1.165, 1.54) is 0 Å². The fourth-order valence-corrected chi connectivity index (χ4v) is 8.19. The van der Waals surface area contributed by atoms with Crippen molar-refractivity contribution in [2.24, 2.45) is 0 Å². The van der Waals surface area contributed by atoms with Gasteiger partial charge in [0, 0.05) is 36.3 Å². The number of hydrogen-bond acceptors (Lipinski definition) is 5. The zero-order valence-corrected chi connectivity index (χ0v) is 26.8. The van der Waals surface area contributed by atoms with E-state index < -0.39 is 11.2 Å². The van der Waals surface area contributed by atoms with Gasteiger partial charge in [-0.15, -0.1) is 0 Å². The maximum Gasteiger partial charge on any atom is 0.130 e. The normalized spacial score (nSPS) is 19.3. The van der Waals surface area contributed by atoms with Crippen molar-refractivity contribution in [1.82, 2.24) is 9.80 Å². The number of aliphatic hydroxyl groups is 2. The highest BCUT2D eigenvalue weighted by atomic mass is 16.3. The monoisotopic (exact) mass is 624 g/mol. The van der Waals surface area contributed by atoms with Gasteiger partial charge in [-0.05, 0) is 61.0 Å². The fourth-order valence-electron chi connectivity index (χ4n) is 8.19. The van der Waals surface area contributed by atoms with E-state index in [1.54, 1.807) is 0 Å². The second-order valence-electron chi connectivity index (χ2n) is 13.2. The van der Waals surface area contributed by atoms with Gasteiger partial charge in [-0.1, -0.05) is 140 Å². The lowest BCUT2D eigenvalue weighted by Crippen LogP contribution is -2.48. The van der Waals surface area contributed by atoms with Gasteiger partial charge in [0.05, 0.1) is 0 Å². The number of nitrogens with zero attached hydrogens (tertiary/aromatic N) is 2. The summed E-state index contributed by atoms with van der Waals surface area (Å²) < 4.78 is 0. The summed E-state index contributed by atoms with van der Waals surface area (Å²) in [5.74, 6) is 0.301. The number of rotatable bonds is 10. The van der Waals surface area contributed by atoms with E-state index in [4.69, 9.17) is 0 Å². The zero-order valence-electron chi connectivity index (χ0n) is 26.8. The van der Waals surface area contributed by atoms with Crippen LogP contribution in [0.5, 0.6) is 5.75 Å². The molecule has 0 unspecified atom stereocenters. The molecule has 0 radical (unpaired) electrons. The van der Waals surface area contributed by atoms with Gasteiger partial charge >= 0.3 is 0 Å². The molecule has 5 aromatic carbocycles. The van der Waals surface area contributed by atoms with Gasteiger partial charge in [0.2, 0.25) is 0 Å². The van der Waals surface area contributed by atoms with Gasteiger partial charge in [0.15, 0.2) is 0 Å². The summed E-state index contributed by atoms with van der Waals surface area (Å²) in [6, 6.07) is 45.7. The molecule has 47 heavy (non-hydrogen) atoms. The quantitative estimate of drug-likeness (QED) is 0.154. The van der Waals surface area contributed by atoms with Crippen LogP contribution in [0.1, 0.15) is 59.1 Å². The molecule has 2 aliphatic rings. The number of phenols is 1. The minimum absolute atomic E-state index is 0.148. The molecule has 0 spiro atoms. The first-order valence-electron chi connectivity index (χ1n) is 16.9. The zero-order chi connectivity index (χ0) is 32.3. The molecule has 0 aliphatic carbocycles. The van der Waals surface area contributed by atoms with Crippen LogP contribution >= 0.6 is 0 Å². The van der Waals surface area contributed by atoms with E-state index in [2.05, 4.69) is 9.80 Å². The number of benzene rings is 5. The van der Waals surface area contributed by atoms with E-state index in [9.17, 15) is 15.3 Å². The highest BCUT2D eigenvalue weighted by molar-refractivity contribution is 5.43. The molecule has 240 valence electrons. The van der Waals surface area contributed by atoms with Gasteiger partial charge in [-0.2, -0.15) is 0 Å². The van der Waals surface area contributed by atoms with Crippen molar-refractivity contribution in [3.63, 3.8) is 0 Å². The molecule has 3 N–H and O–H groups in total. The van der Waals surface area contributed by atoms with Crippen LogP contribution in [-0.4, -0.2) is 50.3 Å². The molecule has 5 aromatic rings. The molecular weight excluding hydrogens is 580 g/mol. The molecule has 0 amide bonds. The van der Waals surface area contributed by atoms with Crippen LogP contribution in [-0.2, 0) is 24.3 Å². The summed E-state index contributed by atoms with van der Waals surface area (Å²) >= 11 is 0. The van der Waals surface area contributed by atoms with Crippen molar-refractivity contribution in [3.05, 3.63) is 173 Å². The van der Waals surface area contributed by atoms with Gasteiger partial charge in [0.25, 0.3) is 0 Å². The molecule has 0 bridgehead atoms. The summed E-state index contributed by atoms with van der Waals surface area (Å²) in [6.07, 6.45) is 3.65. The summed E-state index contributed by atoms with van der Waals surface area (Å²) in [5, 5.41) is 36.9. The second kappa shape index (κ2) is 13.5. The van der Waals surface area contributed by atoms with Crippen molar-refractivity contribution >= 4 is 0 Å². The van der Waals surface area contributed by atoms with Crippen LogP contribution in [0, 0.1) is 0 Å². The van der Waals surface area contributed by atoms with Crippen molar-refractivity contribution in [1.29, 1.82) is 0 Å². The highest BCUT2D eigenvalue weighted by Gasteiger charge is 2.47. The average molecular weight is 625 g/mol. The summed E-state index contributed by atoms with van der Waals surface area (Å²) in [7, 11) is 0. The number of likely N-dealkylation sites (tertiary alicyclic amines) is 2. The molecule has 2 aliphatic heterocycles. The van der Waals surface area contributed by atoms with Crippen molar-refractivity contribution in [2.45, 2.75) is 62.1 Å². The molecule has 5 nitrogen and oxygen atoms in total. The minimum atomic E-state index is -1.19. The number of hydrogen-bond donors (Lipinski definition) is 3. The predicted octanol–water partition coefficient (Wildman–Crippen LogP) is 7.19.